The molecule has 4 aromatic heterocycles. The van der Waals surface area contributed by atoms with Crippen LogP contribution in [0.3, 0.4) is 0 Å². The average Bonchev–Trinajstić information content (AvgIpc) is 3.74. The van der Waals surface area contributed by atoms with Gasteiger partial charge in [0, 0.05) is 39.2 Å². The summed E-state index contributed by atoms with van der Waals surface area (Å²) in [7, 11) is 0. The van der Waals surface area contributed by atoms with Crippen molar-refractivity contribution in [2.45, 2.75) is 0 Å². The number of fused-ring (bicyclic) bond motifs is 11. The molecule has 5 heteroatoms. The van der Waals surface area contributed by atoms with Crippen LogP contribution < -0.4 is 0 Å². The van der Waals surface area contributed by atoms with Crippen LogP contribution in [-0.4, -0.2) is 24.3 Å². The number of benzene rings is 9. The lowest BCUT2D eigenvalue weighted by Crippen LogP contribution is -1.97. The first-order valence-corrected chi connectivity index (χ1v) is 21.3. The molecule has 9 aromatic carbocycles. The van der Waals surface area contributed by atoms with Crippen molar-refractivity contribution < 1.29 is 0 Å². The highest BCUT2D eigenvalue weighted by molar-refractivity contribution is 6.15. The summed E-state index contributed by atoms with van der Waals surface area (Å²) < 4.78 is 2.07. The van der Waals surface area contributed by atoms with Crippen LogP contribution in [0.2, 0.25) is 0 Å². The van der Waals surface area contributed by atoms with Gasteiger partial charge in [0.1, 0.15) is 11.2 Å². The molecule has 4 heterocycles. The molecule has 0 bridgehead atoms. The largest absolute Gasteiger partial charge is 0.284 e. The van der Waals surface area contributed by atoms with Crippen LogP contribution in [0.4, 0.5) is 0 Å². The second kappa shape index (κ2) is 14.0. The minimum absolute atomic E-state index is 0.680. The lowest BCUT2D eigenvalue weighted by atomic mass is 9.93. The van der Waals surface area contributed by atoms with Crippen LogP contribution in [-0.2, 0) is 0 Å². The van der Waals surface area contributed by atoms with Crippen molar-refractivity contribution in [2.75, 3.05) is 0 Å². The molecule has 0 unspecified atom stereocenters. The Bertz CT molecular complexity index is 3820. The quantitative estimate of drug-likeness (QED) is 0.163. The van der Waals surface area contributed by atoms with Crippen molar-refractivity contribution in [3.05, 3.63) is 212 Å². The zero-order valence-corrected chi connectivity index (χ0v) is 33.9. The molecule has 0 N–H and O–H groups in total. The van der Waals surface area contributed by atoms with Crippen molar-refractivity contribution in [1.82, 2.24) is 24.3 Å². The van der Waals surface area contributed by atoms with Gasteiger partial charge in [-0.25, -0.2) is 19.9 Å². The molecule has 0 atom stereocenters. The molecule has 13 aromatic rings. The fourth-order valence-corrected chi connectivity index (χ4v) is 9.57. The molecule has 0 saturated heterocycles. The summed E-state index contributed by atoms with van der Waals surface area (Å²) in [6.07, 6.45) is 2.03. The smallest absolute Gasteiger partial charge is 0.165 e. The van der Waals surface area contributed by atoms with E-state index in [1.807, 2.05) is 24.4 Å². The third-order valence-electron chi connectivity index (χ3n) is 12.6. The zero-order chi connectivity index (χ0) is 41.4. The first-order chi connectivity index (χ1) is 31.2. The van der Waals surface area contributed by atoms with Crippen LogP contribution in [0.5, 0.6) is 0 Å². The van der Waals surface area contributed by atoms with E-state index >= 15 is 0 Å². The van der Waals surface area contributed by atoms with Gasteiger partial charge in [0.15, 0.2) is 11.5 Å². The van der Waals surface area contributed by atoms with Crippen LogP contribution in [0.15, 0.2) is 212 Å². The summed E-state index contributed by atoms with van der Waals surface area (Å²) in [4.78, 5) is 20.9. The highest BCUT2D eigenvalue weighted by atomic mass is 15.1. The van der Waals surface area contributed by atoms with Gasteiger partial charge < -0.3 is 0 Å². The zero-order valence-electron chi connectivity index (χ0n) is 33.9. The van der Waals surface area contributed by atoms with E-state index in [2.05, 4.69) is 192 Å². The van der Waals surface area contributed by atoms with E-state index in [9.17, 15) is 0 Å². The van der Waals surface area contributed by atoms with Crippen LogP contribution in [0.25, 0.3) is 127 Å². The normalized spacial score (nSPS) is 11.8. The maximum absolute atomic E-state index is 5.38. The molecule has 0 spiro atoms. The summed E-state index contributed by atoms with van der Waals surface area (Å²) in [5.74, 6) is 0.680. The molecule has 0 saturated carbocycles. The molecule has 0 fully saturated rings. The molecule has 0 radical (unpaired) electrons. The third kappa shape index (κ3) is 5.71. The molecular formula is C58H35N5. The van der Waals surface area contributed by atoms with E-state index in [1.165, 1.54) is 32.3 Å². The minimum Gasteiger partial charge on any atom is -0.284 e. The van der Waals surface area contributed by atoms with Crippen LogP contribution >= 0.6 is 0 Å². The fraction of sp³-hybridized carbons (Fsp3) is 0. The van der Waals surface area contributed by atoms with Crippen molar-refractivity contribution >= 4 is 70.7 Å². The maximum Gasteiger partial charge on any atom is 0.165 e. The van der Waals surface area contributed by atoms with Gasteiger partial charge in [-0.1, -0.05) is 176 Å². The monoisotopic (exact) mass is 801 g/mol. The molecule has 0 aliphatic carbocycles. The third-order valence-corrected chi connectivity index (χ3v) is 12.6. The minimum atomic E-state index is 0.680. The fourth-order valence-electron chi connectivity index (χ4n) is 9.57. The molecule has 0 aliphatic rings. The Morgan fingerprint density at radius 3 is 1.37 bits per heavy atom. The number of rotatable bonds is 5. The van der Waals surface area contributed by atoms with Crippen LogP contribution in [0.1, 0.15) is 0 Å². The van der Waals surface area contributed by atoms with E-state index < -0.39 is 0 Å². The van der Waals surface area contributed by atoms with E-state index in [4.69, 9.17) is 19.9 Å². The lowest BCUT2D eigenvalue weighted by Gasteiger charge is -2.15. The Morgan fingerprint density at radius 2 is 0.778 bits per heavy atom. The molecule has 292 valence electrons. The highest BCUT2D eigenvalue weighted by Gasteiger charge is 2.18. The Hall–Kier alpha value is -8.54. The summed E-state index contributed by atoms with van der Waals surface area (Å²) in [5.41, 5.74) is 11.8. The number of aromatic nitrogens is 5. The number of hydrogen-bond acceptors (Lipinski definition) is 4. The van der Waals surface area contributed by atoms with E-state index in [-0.39, 0.29) is 0 Å². The van der Waals surface area contributed by atoms with E-state index in [0.717, 1.165) is 88.8 Å². The Kier molecular flexibility index (Phi) is 7.84. The first kappa shape index (κ1) is 35.2. The van der Waals surface area contributed by atoms with Crippen molar-refractivity contribution in [3.63, 3.8) is 0 Å². The highest BCUT2D eigenvalue weighted by Crippen LogP contribution is 2.40. The predicted molar refractivity (Wildman–Crippen MR) is 261 cm³/mol. The predicted octanol–water partition coefficient (Wildman–Crippen LogP) is 14.8. The number of nitrogens with zero attached hydrogens (tertiary/aromatic N) is 5. The first-order valence-electron chi connectivity index (χ1n) is 21.3. The maximum atomic E-state index is 5.38. The Labute approximate surface area is 362 Å². The van der Waals surface area contributed by atoms with Crippen molar-refractivity contribution in [1.29, 1.82) is 0 Å². The number of imidazole rings is 1. The molecular weight excluding hydrogens is 767 g/mol. The molecule has 0 amide bonds. The second-order valence-corrected chi connectivity index (χ2v) is 16.2. The summed E-state index contributed by atoms with van der Waals surface area (Å²) >= 11 is 0. The summed E-state index contributed by atoms with van der Waals surface area (Å²) in [5, 5.41) is 11.7. The van der Waals surface area contributed by atoms with Gasteiger partial charge in [0.2, 0.25) is 0 Å². The second-order valence-electron chi connectivity index (χ2n) is 16.2. The standard InChI is InChI=1S/C58H35N5/c1-3-15-42-40(13-1)33-50(46-19-7-5-17-44(42)46)52-35-53(51-34-41-14-2-4-16-43(41)45-18-6-8-20-47(45)51)60-57(59-52)39-30-26-37(27-31-39)36-24-28-38(29-25-36)55-48-21-9-10-22-49(48)56-58(62-55)63-32-12-11-23-54(63)61-56/h1-35H. The summed E-state index contributed by atoms with van der Waals surface area (Å²) in [6, 6.07) is 73.1. The summed E-state index contributed by atoms with van der Waals surface area (Å²) in [6.45, 7) is 0. The molecule has 5 nitrogen and oxygen atoms in total. The van der Waals surface area contributed by atoms with Crippen LogP contribution in [0, 0.1) is 0 Å². The number of hydrogen-bond donors (Lipinski definition) is 0. The van der Waals surface area contributed by atoms with Crippen molar-refractivity contribution in [3.8, 4) is 56.3 Å². The van der Waals surface area contributed by atoms with E-state index in [1.54, 1.807) is 0 Å². The average molecular weight is 802 g/mol. The lowest BCUT2D eigenvalue weighted by molar-refractivity contribution is 1.19. The van der Waals surface area contributed by atoms with Gasteiger partial charge >= 0.3 is 0 Å². The SMILES string of the molecule is c1ccc2c(c1)cc(-c1cc(-c3cc4ccccc4c4ccccc34)nc(-c3ccc(-c4ccc(-c5nc6c(nc7ccccn76)c6ccccc56)cc4)cc3)n1)c1ccccc12. The van der Waals surface area contributed by atoms with Gasteiger partial charge in [-0.05, 0) is 84.5 Å². The van der Waals surface area contributed by atoms with Gasteiger partial charge in [0.25, 0.3) is 0 Å². The van der Waals surface area contributed by atoms with Gasteiger partial charge in [0.05, 0.1) is 17.1 Å². The Balaban J connectivity index is 0.936. The number of pyridine rings is 2. The van der Waals surface area contributed by atoms with Gasteiger partial charge in [-0.15, -0.1) is 0 Å². The van der Waals surface area contributed by atoms with Gasteiger partial charge in [-0.2, -0.15) is 0 Å². The molecule has 63 heavy (non-hydrogen) atoms. The van der Waals surface area contributed by atoms with Gasteiger partial charge in [-0.3, -0.25) is 4.40 Å². The van der Waals surface area contributed by atoms with Crippen molar-refractivity contribution in [2.24, 2.45) is 0 Å². The van der Waals surface area contributed by atoms with E-state index in [0.29, 0.717) is 5.82 Å². The topological polar surface area (TPSA) is 56.0 Å². The Morgan fingerprint density at radius 1 is 0.317 bits per heavy atom. The molecule has 0 aliphatic heterocycles. The molecule has 13 rings (SSSR count).